The van der Waals surface area contributed by atoms with Gasteiger partial charge in [0.2, 0.25) is 0 Å². The van der Waals surface area contributed by atoms with E-state index < -0.39 is 0 Å². The summed E-state index contributed by atoms with van der Waals surface area (Å²) in [6, 6.07) is 27.3. The molecular weight excluding hydrogens is 652 g/mol. The Kier molecular flexibility index (Phi) is 13.2. The van der Waals surface area contributed by atoms with Crippen molar-refractivity contribution in [3.8, 4) is 0 Å². The molecule has 2 unspecified atom stereocenters. The summed E-state index contributed by atoms with van der Waals surface area (Å²) in [6.45, 7) is 5.04. The van der Waals surface area contributed by atoms with Crippen molar-refractivity contribution in [1.82, 2.24) is 19.9 Å². The minimum absolute atomic E-state index is 0. The summed E-state index contributed by atoms with van der Waals surface area (Å²) < 4.78 is 39.3. The predicted molar refractivity (Wildman–Crippen MR) is 199 cm³/mol. The summed E-state index contributed by atoms with van der Waals surface area (Å²) in [6.07, 6.45) is 6.97. The number of halogens is 2. The Hall–Kier alpha value is -3.18. The van der Waals surface area contributed by atoms with Crippen molar-refractivity contribution < 1.29 is 18.3 Å². The van der Waals surface area contributed by atoms with Crippen LogP contribution in [0.3, 0.4) is 0 Å². The third kappa shape index (κ3) is 9.57. The number of H-pyrrole nitrogens is 2. The van der Waals surface area contributed by atoms with E-state index in [-0.39, 0.29) is 83.0 Å². The standard InChI is InChI=1S/C40H36F2N4O2.2Na/c1-25(47-17-15-27-3-7-29(41)8-4-27)37-21-35-20-33-12-11-31(43-33)19-32-13-14-34(44-32)23-39-38(22-36(46-39)24-40(37)45-35)26(2)48-18-16-28-5-9-30(42)10-6-28;;/h3-14,19-26,44-45H,15-18H2,1-2H3;;. The number of benzene rings is 2. The molecule has 0 aliphatic carbocycles. The van der Waals surface area contributed by atoms with Crippen molar-refractivity contribution >= 4 is 105 Å². The smallest absolute Gasteiger partial charge is 0.123 e. The van der Waals surface area contributed by atoms with Gasteiger partial charge in [-0.3, -0.25) is 0 Å². The van der Waals surface area contributed by atoms with Crippen LogP contribution in [0.1, 0.15) is 59.4 Å². The van der Waals surface area contributed by atoms with Crippen LogP contribution in [0.2, 0.25) is 0 Å². The van der Waals surface area contributed by atoms with Gasteiger partial charge in [-0.05, 0) is 123 Å². The first-order valence-corrected chi connectivity index (χ1v) is 16.2. The van der Waals surface area contributed by atoms with E-state index in [0.717, 1.165) is 67.1 Å². The number of ether oxygens (including phenoxy) is 2. The SMILES string of the molecule is CC(OCCc1ccc(F)cc1)C1=Cc2cc3[nH]c(cc4nc(cc5ccc(cc1n2)[nH]5)C=C4)cc3C(C)OCCc1ccc(F)cc1.[Na].[Na]. The summed E-state index contributed by atoms with van der Waals surface area (Å²) in [5.74, 6) is -0.493. The van der Waals surface area contributed by atoms with Gasteiger partial charge in [-0.1, -0.05) is 24.3 Å². The molecule has 2 radical (unpaired) electrons. The van der Waals surface area contributed by atoms with Gasteiger partial charge in [0.05, 0.1) is 48.2 Å². The number of rotatable bonds is 10. The topological polar surface area (TPSA) is 75.8 Å². The Bertz CT molecular complexity index is 2160. The molecule has 5 heterocycles. The first kappa shape index (κ1) is 38.1. The van der Waals surface area contributed by atoms with Gasteiger partial charge in [0.25, 0.3) is 0 Å². The average molecular weight is 689 g/mol. The first-order valence-electron chi connectivity index (χ1n) is 16.2. The van der Waals surface area contributed by atoms with Crippen molar-refractivity contribution in [3.05, 3.63) is 142 Å². The normalized spacial score (nSPS) is 13.2. The molecule has 2 N–H and O–H groups in total. The molecule has 5 aromatic rings. The van der Waals surface area contributed by atoms with Crippen molar-refractivity contribution in [3.63, 3.8) is 0 Å². The Balaban J connectivity index is 0.00000243. The van der Waals surface area contributed by atoms with Gasteiger partial charge in [0.1, 0.15) is 11.6 Å². The van der Waals surface area contributed by atoms with Crippen LogP contribution in [0.25, 0.3) is 45.9 Å². The number of hydrogen-bond donors (Lipinski definition) is 2. The van der Waals surface area contributed by atoms with E-state index in [1.165, 1.54) is 24.3 Å². The van der Waals surface area contributed by atoms with Crippen molar-refractivity contribution in [2.24, 2.45) is 0 Å². The van der Waals surface area contributed by atoms with Crippen LogP contribution in [0, 0.1) is 11.6 Å². The zero-order chi connectivity index (χ0) is 33.0. The predicted octanol–water partition coefficient (Wildman–Crippen LogP) is 8.51. The molecule has 0 saturated carbocycles. The third-order valence-electron chi connectivity index (χ3n) is 8.57. The quantitative estimate of drug-likeness (QED) is 0.142. The second kappa shape index (κ2) is 17.4. The van der Waals surface area contributed by atoms with Crippen LogP contribution in [0.4, 0.5) is 8.78 Å². The van der Waals surface area contributed by atoms with Gasteiger partial charge in [-0.2, -0.15) is 0 Å². The molecule has 2 aliphatic heterocycles. The third-order valence-corrected chi connectivity index (χ3v) is 8.57. The second-order valence-electron chi connectivity index (χ2n) is 12.1. The van der Waals surface area contributed by atoms with Gasteiger partial charge >= 0.3 is 0 Å². The van der Waals surface area contributed by atoms with Gasteiger partial charge in [0.15, 0.2) is 0 Å². The molecule has 2 aliphatic rings. The largest absolute Gasteiger partial charge is 0.373 e. The molecule has 0 spiro atoms. The van der Waals surface area contributed by atoms with Crippen molar-refractivity contribution in [1.29, 1.82) is 0 Å². The molecule has 6 nitrogen and oxygen atoms in total. The number of nitrogens with zero attached hydrogens (tertiary/aromatic N) is 2. The number of aromatic nitrogens is 4. The molecule has 0 saturated heterocycles. The molecule has 3 aromatic heterocycles. The second-order valence-corrected chi connectivity index (χ2v) is 12.1. The van der Waals surface area contributed by atoms with Gasteiger partial charge in [-0.15, -0.1) is 0 Å². The minimum atomic E-state index is -0.247. The number of aromatic amines is 2. The number of hydrogen-bond acceptors (Lipinski definition) is 4. The minimum Gasteiger partial charge on any atom is -0.373 e. The molecule has 2 atom stereocenters. The van der Waals surface area contributed by atoms with Gasteiger partial charge < -0.3 is 19.4 Å². The number of fused-ring (bicyclic) bond motifs is 8. The molecule has 2 aromatic carbocycles. The van der Waals surface area contributed by atoms with Crippen LogP contribution in [0.15, 0.2) is 91.0 Å². The fourth-order valence-electron chi connectivity index (χ4n) is 5.98. The van der Waals surface area contributed by atoms with Crippen LogP contribution < -0.4 is 0 Å². The van der Waals surface area contributed by atoms with E-state index in [1.54, 1.807) is 24.3 Å². The van der Waals surface area contributed by atoms with Crippen LogP contribution >= 0.6 is 0 Å². The molecule has 8 bridgehead atoms. The monoisotopic (exact) mass is 688 g/mol. The van der Waals surface area contributed by atoms with E-state index in [0.29, 0.717) is 26.1 Å². The Morgan fingerprint density at radius 3 is 1.78 bits per heavy atom. The summed E-state index contributed by atoms with van der Waals surface area (Å²) in [5.41, 5.74) is 11.0. The maximum absolute atomic E-state index is 13.4. The fraction of sp³-hybridized carbons (Fsp3) is 0.200. The van der Waals surface area contributed by atoms with Crippen molar-refractivity contribution in [2.75, 3.05) is 13.2 Å². The molecule has 50 heavy (non-hydrogen) atoms. The molecule has 7 rings (SSSR count). The Morgan fingerprint density at radius 1 is 0.600 bits per heavy atom. The zero-order valence-electron chi connectivity index (χ0n) is 28.8. The van der Waals surface area contributed by atoms with E-state index in [1.807, 2.05) is 62.4 Å². The maximum Gasteiger partial charge on any atom is 0.123 e. The average Bonchev–Trinajstić information content (AvgIpc) is 3.88. The Morgan fingerprint density at radius 2 is 1.16 bits per heavy atom. The van der Waals surface area contributed by atoms with Crippen LogP contribution in [-0.4, -0.2) is 98.4 Å². The summed E-state index contributed by atoms with van der Waals surface area (Å²) in [4.78, 5) is 16.9. The first-order chi connectivity index (χ1) is 23.3. The van der Waals surface area contributed by atoms with E-state index in [4.69, 9.17) is 19.4 Å². The molecular formula is C40H36F2N4Na2O2. The van der Waals surface area contributed by atoms with E-state index in [9.17, 15) is 8.78 Å². The van der Waals surface area contributed by atoms with Gasteiger partial charge in [0, 0.05) is 92.3 Å². The molecule has 10 heteroatoms. The van der Waals surface area contributed by atoms with Gasteiger partial charge in [-0.25, -0.2) is 18.7 Å². The maximum atomic E-state index is 13.4. The number of nitrogens with one attached hydrogen (secondary N) is 2. The molecule has 0 fully saturated rings. The van der Waals surface area contributed by atoms with E-state index in [2.05, 4.69) is 22.1 Å². The van der Waals surface area contributed by atoms with E-state index >= 15 is 0 Å². The summed E-state index contributed by atoms with van der Waals surface area (Å²) >= 11 is 0. The fourth-order valence-corrected chi connectivity index (χ4v) is 5.98. The molecule has 244 valence electrons. The molecule has 0 amide bonds. The zero-order valence-corrected chi connectivity index (χ0v) is 32.8. The Labute approximate surface area is 334 Å². The van der Waals surface area contributed by atoms with Crippen molar-refractivity contribution in [2.45, 2.75) is 38.9 Å². The summed E-state index contributed by atoms with van der Waals surface area (Å²) in [7, 11) is 0. The summed E-state index contributed by atoms with van der Waals surface area (Å²) in [5, 5.41) is 0. The van der Waals surface area contributed by atoms with Crippen LogP contribution in [0.5, 0.6) is 0 Å². The van der Waals surface area contributed by atoms with Crippen LogP contribution in [-0.2, 0) is 22.3 Å².